The summed E-state index contributed by atoms with van der Waals surface area (Å²) in [4.78, 5) is 10.3. The first kappa shape index (κ1) is 13.7. The number of rotatable bonds is 4. The highest BCUT2D eigenvalue weighted by molar-refractivity contribution is 5.46. The summed E-state index contributed by atoms with van der Waals surface area (Å²) >= 11 is 0. The van der Waals surface area contributed by atoms with Crippen molar-refractivity contribution in [3.8, 4) is 5.75 Å². The fourth-order valence-corrected chi connectivity index (χ4v) is 2.46. The van der Waals surface area contributed by atoms with Crippen LogP contribution in [0.2, 0.25) is 0 Å². The molecule has 2 unspecified atom stereocenters. The van der Waals surface area contributed by atoms with Gasteiger partial charge in [-0.15, -0.1) is 0 Å². The zero-order chi connectivity index (χ0) is 14.2. The van der Waals surface area contributed by atoms with E-state index in [9.17, 15) is 14.5 Å². The fraction of sp³-hybridized carbons (Fsp3) is 0.538. The van der Waals surface area contributed by atoms with Crippen LogP contribution in [0.1, 0.15) is 20.3 Å². The van der Waals surface area contributed by atoms with Crippen molar-refractivity contribution in [1.82, 2.24) is 5.32 Å². The van der Waals surface area contributed by atoms with Crippen molar-refractivity contribution in [2.45, 2.75) is 32.4 Å². The van der Waals surface area contributed by atoms with Crippen molar-refractivity contribution < 1.29 is 14.1 Å². The summed E-state index contributed by atoms with van der Waals surface area (Å²) in [5.74, 6) is -0.515. The van der Waals surface area contributed by atoms with E-state index in [4.69, 9.17) is 4.74 Å². The number of nitrogens with one attached hydrogen (secondary N) is 1. The highest BCUT2D eigenvalue weighted by Gasteiger charge is 2.49. The first-order chi connectivity index (χ1) is 8.86. The normalized spacial score (nSPS) is 24.6. The molecule has 0 aromatic heterocycles. The van der Waals surface area contributed by atoms with Gasteiger partial charge in [-0.1, -0.05) is 13.8 Å². The Bertz CT molecular complexity index is 505. The maximum Gasteiger partial charge on any atom is 0.313 e. The fourth-order valence-electron chi connectivity index (χ4n) is 2.46. The van der Waals surface area contributed by atoms with Gasteiger partial charge in [-0.25, -0.2) is 4.39 Å². The predicted octanol–water partition coefficient (Wildman–Crippen LogP) is 2.50. The van der Waals surface area contributed by atoms with Crippen molar-refractivity contribution in [2.24, 2.45) is 5.41 Å². The highest BCUT2D eigenvalue weighted by atomic mass is 19.1. The van der Waals surface area contributed by atoms with E-state index >= 15 is 0 Å². The summed E-state index contributed by atoms with van der Waals surface area (Å²) in [5, 5.41) is 14.1. The number of nitro groups is 1. The molecule has 0 radical (unpaired) electrons. The zero-order valence-corrected chi connectivity index (χ0v) is 11.1. The summed E-state index contributed by atoms with van der Waals surface area (Å²) in [7, 11) is 1.88. The Balaban J connectivity index is 2.19. The van der Waals surface area contributed by atoms with Gasteiger partial charge in [-0.3, -0.25) is 10.1 Å². The van der Waals surface area contributed by atoms with Crippen LogP contribution < -0.4 is 10.1 Å². The minimum atomic E-state index is -0.639. The molecule has 104 valence electrons. The molecule has 1 aliphatic carbocycles. The first-order valence-corrected chi connectivity index (χ1v) is 6.14. The Hall–Kier alpha value is -1.69. The third-order valence-corrected chi connectivity index (χ3v) is 3.91. The highest BCUT2D eigenvalue weighted by Crippen LogP contribution is 2.44. The minimum absolute atomic E-state index is 0.114. The molecule has 6 heteroatoms. The molecule has 0 amide bonds. The predicted molar refractivity (Wildman–Crippen MR) is 68.7 cm³/mol. The molecule has 0 bridgehead atoms. The third kappa shape index (κ3) is 2.40. The van der Waals surface area contributed by atoms with Crippen molar-refractivity contribution >= 4 is 5.69 Å². The smallest absolute Gasteiger partial charge is 0.313 e. The Morgan fingerprint density at radius 3 is 2.74 bits per heavy atom. The van der Waals surface area contributed by atoms with E-state index in [0.717, 1.165) is 12.5 Å². The van der Waals surface area contributed by atoms with Gasteiger partial charge in [0.2, 0.25) is 0 Å². The number of halogens is 1. The molecule has 2 atom stereocenters. The lowest BCUT2D eigenvalue weighted by molar-refractivity contribution is -0.386. The van der Waals surface area contributed by atoms with E-state index in [0.29, 0.717) is 6.04 Å². The summed E-state index contributed by atoms with van der Waals surface area (Å²) in [5.41, 5.74) is -0.444. The number of hydrogen-bond acceptors (Lipinski definition) is 4. The zero-order valence-electron chi connectivity index (χ0n) is 11.1. The molecule has 19 heavy (non-hydrogen) atoms. The van der Waals surface area contributed by atoms with Crippen LogP contribution in [0.4, 0.5) is 10.1 Å². The molecule has 2 rings (SSSR count). The average Bonchev–Trinajstić information content (AvgIpc) is 2.35. The molecule has 1 fully saturated rings. The number of nitrogens with zero attached hydrogens (tertiary/aromatic N) is 1. The molecular formula is C13H17FN2O3. The Morgan fingerprint density at radius 2 is 2.21 bits per heavy atom. The lowest BCUT2D eigenvalue weighted by atomic mass is 9.64. The molecule has 1 N–H and O–H groups in total. The Labute approximate surface area is 110 Å². The molecule has 0 heterocycles. The lowest BCUT2D eigenvalue weighted by Crippen LogP contribution is -2.61. The summed E-state index contributed by atoms with van der Waals surface area (Å²) in [6.07, 6.45) is 0.659. The summed E-state index contributed by atoms with van der Waals surface area (Å²) in [6, 6.07) is 3.69. The van der Waals surface area contributed by atoms with E-state index in [1.165, 1.54) is 12.1 Å². The van der Waals surface area contributed by atoms with Gasteiger partial charge in [-0.2, -0.15) is 0 Å². The van der Waals surface area contributed by atoms with E-state index in [1.807, 2.05) is 20.9 Å². The molecule has 1 aromatic carbocycles. The largest absolute Gasteiger partial charge is 0.483 e. The van der Waals surface area contributed by atoms with Crippen LogP contribution in [-0.4, -0.2) is 24.1 Å². The van der Waals surface area contributed by atoms with Gasteiger partial charge in [0.05, 0.1) is 11.0 Å². The summed E-state index contributed by atoms with van der Waals surface area (Å²) < 4.78 is 18.7. The number of hydrogen-bond donors (Lipinski definition) is 1. The molecule has 1 saturated carbocycles. The molecule has 1 aliphatic rings. The van der Waals surface area contributed by atoms with Crippen LogP contribution in [0.25, 0.3) is 0 Å². The Morgan fingerprint density at radius 1 is 1.53 bits per heavy atom. The second-order valence-electron chi connectivity index (χ2n) is 5.37. The van der Waals surface area contributed by atoms with Crippen molar-refractivity contribution in [3.05, 3.63) is 34.1 Å². The molecule has 5 nitrogen and oxygen atoms in total. The maximum atomic E-state index is 13.0. The van der Waals surface area contributed by atoms with E-state index in [2.05, 4.69) is 5.32 Å². The Kier molecular flexibility index (Phi) is 3.45. The van der Waals surface area contributed by atoms with E-state index in [-0.39, 0.29) is 23.0 Å². The monoisotopic (exact) mass is 268 g/mol. The number of nitro benzene ring substituents is 1. The van der Waals surface area contributed by atoms with Gasteiger partial charge in [0.1, 0.15) is 11.9 Å². The van der Waals surface area contributed by atoms with Gasteiger partial charge < -0.3 is 10.1 Å². The van der Waals surface area contributed by atoms with Gasteiger partial charge >= 0.3 is 5.69 Å². The molecular weight excluding hydrogens is 251 g/mol. The van der Waals surface area contributed by atoms with Gasteiger partial charge in [0.15, 0.2) is 5.75 Å². The molecule has 0 spiro atoms. The second kappa shape index (κ2) is 4.77. The number of ether oxygens (including phenoxy) is 1. The SMILES string of the molecule is CNC1CC(Oc2ccc(F)cc2[N+](=O)[O-])C1(C)C. The molecule has 1 aromatic rings. The van der Waals surface area contributed by atoms with Crippen molar-refractivity contribution in [3.63, 3.8) is 0 Å². The first-order valence-electron chi connectivity index (χ1n) is 6.14. The van der Waals surface area contributed by atoms with Crippen LogP contribution in [0.3, 0.4) is 0 Å². The van der Waals surface area contributed by atoms with Crippen LogP contribution >= 0.6 is 0 Å². The quantitative estimate of drug-likeness (QED) is 0.673. The van der Waals surface area contributed by atoms with Crippen LogP contribution in [-0.2, 0) is 0 Å². The third-order valence-electron chi connectivity index (χ3n) is 3.91. The van der Waals surface area contributed by atoms with Crippen LogP contribution in [0, 0.1) is 21.3 Å². The lowest BCUT2D eigenvalue weighted by Gasteiger charge is -2.51. The van der Waals surface area contributed by atoms with Crippen LogP contribution in [0.15, 0.2) is 18.2 Å². The average molecular weight is 268 g/mol. The van der Waals surface area contributed by atoms with E-state index in [1.54, 1.807) is 0 Å². The molecule has 0 aliphatic heterocycles. The maximum absolute atomic E-state index is 13.0. The summed E-state index contributed by atoms with van der Waals surface area (Å²) in [6.45, 7) is 4.08. The second-order valence-corrected chi connectivity index (χ2v) is 5.37. The van der Waals surface area contributed by atoms with Crippen molar-refractivity contribution in [1.29, 1.82) is 0 Å². The topological polar surface area (TPSA) is 64.4 Å². The van der Waals surface area contributed by atoms with E-state index < -0.39 is 10.7 Å². The van der Waals surface area contributed by atoms with Crippen molar-refractivity contribution in [2.75, 3.05) is 7.05 Å². The van der Waals surface area contributed by atoms with Gasteiger partial charge in [0, 0.05) is 17.9 Å². The minimum Gasteiger partial charge on any atom is -0.483 e. The van der Waals surface area contributed by atoms with Gasteiger partial charge in [-0.05, 0) is 19.2 Å². The molecule has 0 saturated heterocycles. The van der Waals surface area contributed by atoms with Gasteiger partial charge in [0.25, 0.3) is 0 Å². The van der Waals surface area contributed by atoms with Crippen LogP contribution in [0.5, 0.6) is 5.75 Å². The number of benzene rings is 1. The standard InChI is InChI=1S/C13H17FN2O3/c1-13(2)11(15-3)7-12(13)19-10-5-4-8(14)6-9(10)16(17)18/h4-6,11-12,15H,7H2,1-3H3.